The van der Waals surface area contributed by atoms with Gasteiger partial charge in [0.15, 0.2) is 0 Å². The fourth-order valence-corrected chi connectivity index (χ4v) is 1.87. The predicted molar refractivity (Wildman–Crippen MR) is 63.7 cm³/mol. The lowest BCUT2D eigenvalue weighted by molar-refractivity contribution is 0.00255. The van der Waals surface area contributed by atoms with Crippen LogP contribution in [0.15, 0.2) is 30.3 Å². The number of aliphatic hydroxyl groups excluding tert-OH is 1. The summed E-state index contributed by atoms with van der Waals surface area (Å²) in [7, 11) is 0. The van der Waals surface area contributed by atoms with Gasteiger partial charge in [0.1, 0.15) is 12.8 Å². The molecule has 98 valence electrons. The monoisotopic (exact) mass is 253 g/mol. The number of aliphatic hydroxyl groups is 1. The van der Waals surface area contributed by atoms with Crippen LogP contribution in [0.3, 0.4) is 0 Å². The third-order valence-electron chi connectivity index (χ3n) is 2.97. The number of nitrogens with zero attached hydrogens (tertiary/aromatic N) is 1. The number of carbonyl (C=O) groups excluding carboxylic acids is 1. The number of halogens is 1. The summed E-state index contributed by atoms with van der Waals surface area (Å²) in [5.41, 5.74) is 0.889. The summed E-state index contributed by atoms with van der Waals surface area (Å²) in [6, 6.07) is 9.30. The van der Waals surface area contributed by atoms with Crippen molar-refractivity contribution in [1.29, 1.82) is 0 Å². The van der Waals surface area contributed by atoms with Crippen molar-refractivity contribution in [2.45, 2.75) is 25.3 Å². The highest BCUT2D eigenvalue weighted by Gasteiger charge is 2.30. The normalized spacial score (nSPS) is 23.8. The van der Waals surface area contributed by atoms with E-state index >= 15 is 0 Å². The van der Waals surface area contributed by atoms with E-state index in [1.54, 1.807) is 0 Å². The van der Waals surface area contributed by atoms with Crippen LogP contribution >= 0.6 is 0 Å². The van der Waals surface area contributed by atoms with Gasteiger partial charge in [0.25, 0.3) is 0 Å². The predicted octanol–water partition coefficient (Wildman–Crippen LogP) is 1.73. The molecule has 1 aromatic rings. The van der Waals surface area contributed by atoms with Crippen molar-refractivity contribution in [3.8, 4) is 0 Å². The smallest absolute Gasteiger partial charge is 0.410 e. The van der Waals surface area contributed by atoms with Gasteiger partial charge in [0, 0.05) is 6.54 Å². The van der Waals surface area contributed by atoms with E-state index in [4.69, 9.17) is 4.74 Å². The standard InChI is InChI=1S/C13H16FNO3/c14-11-8-15(7-6-12(11)16)13(17)18-9-10-4-2-1-3-5-10/h1-5,11-12,16H,6-9H2/t11-,12-/m0/s1. The zero-order chi connectivity index (χ0) is 13.0. The molecule has 1 N–H and O–H groups in total. The molecule has 0 unspecified atom stereocenters. The van der Waals surface area contributed by atoms with Crippen molar-refractivity contribution >= 4 is 6.09 Å². The molecule has 0 aliphatic carbocycles. The minimum atomic E-state index is -1.39. The third kappa shape index (κ3) is 3.20. The Morgan fingerprint density at radius 1 is 1.44 bits per heavy atom. The summed E-state index contributed by atoms with van der Waals surface area (Å²) in [5, 5.41) is 9.23. The molecule has 5 heteroatoms. The van der Waals surface area contributed by atoms with Crippen molar-refractivity contribution < 1.29 is 19.0 Å². The van der Waals surface area contributed by atoms with Crippen molar-refractivity contribution in [2.75, 3.05) is 13.1 Å². The molecule has 1 fully saturated rings. The lowest BCUT2D eigenvalue weighted by Gasteiger charge is -2.31. The Morgan fingerprint density at radius 3 is 2.83 bits per heavy atom. The molecule has 4 nitrogen and oxygen atoms in total. The van der Waals surface area contributed by atoms with Crippen LogP contribution in [0, 0.1) is 0 Å². The molecule has 1 aliphatic heterocycles. The molecule has 1 saturated heterocycles. The molecule has 1 heterocycles. The van der Waals surface area contributed by atoms with Gasteiger partial charge < -0.3 is 14.7 Å². The molecule has 0 aromatic heterocycles. The van der Waals surface area contributed by atoms with Gasteiger partial charge in [-0.15, -0.1) is 0 Å². The topological polar surface area (TPSA) is 49.8 Å². The van der Waals surface area contributed by atoms with Gasteiger partial charge in [-0.3, -0.25) is 0 Å². The van der Waals surface area contributed by atoms with Gasteiger partial charge in [-0.05, 0) is 12.0 Å². The van der Waals surface area contributed by atoms with Crippen LogP contribution in [0.4, 0.5) is 9.18 Å². The quantitative estimate of drug-likeness (QED) is 0.873. The van der Waals surface area contributed by atoms with Crippen molar-refractivity contribution in [3.63, 3.8) is 0 Å². The summed E-state index contributed by atoms with van der Waals surface area (Å²) in [4.78, 5) is 13.0. The maximum atomic E-state index is 13.3. The second kappa shape index (κ2) is 5.82. The summed E-state index contributed by atoms with van der Waals surface area (Å²) in [6.07, 6.45) is -2.64. The van der Waals surface area contributed by atoms with Crippen LogP contribution in [0.25, 0.3) is 0 Å². The molecule has 2 atom stereocenters. The Hall–Kier alpha value is -1.62. The Kier molecular flexibility index (Phi) is 4.15. The number of amides is 1. The average Bonchev–Trinajstić information content (AvgIpc) is 2.40. The number of benzene rings is 1. The fourth-order valence-electron chi connectivity index (χ4n) is 1.87. The van der Waals surface area contributed by atoms with Crippen molar-refractivity contribution in [1.82, 2.24) is 4.90 Å². The maximum Gasteiger partial charge on any atom is 0.410 e. The highest BCUT2D eigenvalue weighted by Crippen LogP contribution is 2.15. The number of carbonyl (C=O) groups is 1. The van der Waals surface area contributed by atoms with Crippen LogP contribution in [0.5, 0.6) is 0 Å². The van der Waals surface area contributed by atoms with Gasteiger partial charge in [-0.2, -0.15) is 0 Å². The van der Waals surface area contributed by atoms with Gasteiger partial charge in [0.2, 0.25) is 0 Å². The molecular formula is C13H16FNO3. The van der Waals surface area contributed by atoms with Crippen LogP contribution < -0.4 is 0 Å². The number of rotatable bonds is 2. The van der Waals surface area contributed by atoms with Gasteiger partial charge >= 0.3 is 6.09 Å². The minimum absolute atomic E-state index is 0.102. The van der Waals surface area contributed by atoms with Gasteiger partial charge in [-0.1, -0.05) is 30.3 Å². The molecule has 2 rings (SSSR count). The first-order valence-electron chi connectivity index (χ1n) is 5.94. The second-order valence-corrected chi connectivity index (χ2v) is 4.36. The van der Waals surface area contributed by atoms with E-state index in [-0.39, 0.29) is 19.6 Å². The second-order valence-electron chi connectivity index (χ2n) is 4.36. The van der Waals surface area contributed by atoms with Gasteiger partial charge in [0.05, 0.1) is 12.6 Å². The minimum Gasteiger partial charge on any atom is -0.445 e. The van der Waals surface area contributed by atoms with E-state index in [9.17, 15) is 14.3 Å². The first-order chi connectivity index (χ1) is 8.66. The molecular weight excluding hydrogens is 237 g/mol. The zero-order valence-electron chi connectivity index (χ0n) is 9.96. The van der Waals surface area contributed by atoms with E-state index in [1.807, 2.05) is 30.3 Å². The van der Waals surface area contributed by atoms with Crippen LogP contribution in [0.2, 0.25) is 0 Å². The largest absolute Gasteiger partial charge is 0.445 e. The van der Waals surface area contributed by atoms with Crippen LogP contribution in [-0.4, -0.2) is 41.5 Å². The number of ether oxygens (including phenoxy) is 1. The molecule has 18 heavy (non-hydrogen) atoms. The summed E-state index contributed by atoms with van der Waals surface area (Å²) in [5.74, 6) is 0. The lowest BCUT2D eigenvalue weighted by Crippen LogP contribution is -2.47. The summed E-state index contributed by atoms with van der Waals surface area (Å²) < 4.78 is 18.3. The highest BCUT2D eigenvalue weighted by atomic mass is 19.1. The number of alkyl halides is 1. The molecule has 0 radical (unpaired) electrons. The summed E-state index contributed by atoms with van der Waals surface area (Å²) in [6.45, 7) is 0.402. The number of likely N-dealkylation sites (tertiary alicyclic amines) is 1. The molecule has 1 amide bonds. The van der Waals surface area contributed by atoms with Gasteiger partial charge in [-0.25, -0.2) is 9.18 Å². The lowest BCUT2D eigenvalue weighted by atomic mass is 10.1. The molecule has 0 bridgehead atoms. The Bertz CT molecular complexity index is 398. The third-order valence-corrected chi connectivity index (χ3v) is 2.97. The molecule has 1 aromatic carbocycles. The van der Waals surface area contributed by atoms with Crippen LogP contribution in [-0.2, 0) is 11.3 Å². The number of piperidine rings is 1. The van der Waals surface area contributed by atoms with Crippen LogP contribution in [0.1, 0.15) is 12.0 Å². The first-order valence-corrected chi connectivity index (χ1v) is 5.94. The van der Waals surface area contributed by atoms with Crippen molar-refractivity contribution in [3.05, 3.63) is 35.9 Å². The average molecular weight is 253 g/mol. The van der Waals surface area contributed by atoms with E-state index in [0.717, 1.165) is 5.56 Å². The van der Waals surface area contributed by atoms with E-state index < -0.39 is 18.4 Å². The first kappa shape index (κ1) is 12.8. The van der Waals surface area contributed by atoms with E-state index in [2.05, 4.69) is 0 Å². The molecule has 0 spiro atoms. The zero-order valence-corrected chi connectivity index (χ0v) is 9.96. The Labute approximate surface area is 105 Å². The summed E-state index contributed by atoms with van der Waals surface area (Å²) >= 11 is 0. The molecule has 0 saturated carbocycles. The highest BCUT2D eigenvalue weighted by molar-refractivity contribution is 5.67. The molecule has 1 aliphatic rings. The van der Waals surface area contributed by atoms with E-state index in [1.165, 1.54) is 4.90 Å². The SMILES string of the molecule is O=C(OCc1ccccc1)N1CC[C@H](O)[C@@H](F)C1. The number of hydrogen-bond acceptors (Lipinski definition) is 3. The van der Waals surface area contributed by atoms with E-state index in [0.29, 0.717) is 6.54 Å². The Morgan fingerprint density at radius 2 is 2.17 bits per heavy atom. The Balaban J connectivity index is 1.82. The number of hydrogen-bond donors (Lipinski definition) is 1. The maximum absolute atomic E-state index is 13.3. The fraction of sp³-hybridized carbons (Fsp3) is 0.462. The van der Waals surface area contributed by atoms with Crippen molar-refractivity contribution in [2.24, 2.45) is 0 Å².